The minimum atomic E-state index is -1.18. The van der Waals surface area contributed by atoms with E-state index in [-0.39, 0.29) is 12.0 Å². The number of carbonyl (C=O) groups is 1. The summed E-state index contributed by atoms with van der Waals surface area (Å²) in [6.45, 7) is 9.74. The lowest BCUT2D eigenvalue weighted by Crippen LogP contribution is -2.32. The van der Waals surface area contributed by atoms with Crippen LogP contribution in [0.2, 0.25) is 0 Å². The monoisotopic (exact) mass is 386 g/mol. The molecule has 0 radical (unpaired) electrons. The maximum atomic E-state index is 10.3. The van der Waals surface area contributed by atoms with Gasteiger partial charge in [-0.05, 0) is 86.4 Å². The third-order valence-electron chi connectivity index (χ3n) is 6.89. The Bertz CT molecular complexity index is 405. The summed E-state index contributed by atoms with van der Waals surface area (Å²) in [6, 6.07) is 0. The van der Waals surface area contributed by atoms with Crippen molar-refractivity contribution in [3.63, 3.8) is 0 Å². The second-order valence-corrected chi connectivity index (χ2v) is 9.65. The molecule has 5 heteroatoms. The Morgan fingerprint density at radius 1 is 0.963 bits per heavy atom. The average molecular weight is 387 g/mol. The quantitative estimate of drug-likeness (QED) is 0.562. The van der Waals surface area contributed by atoms with E-state index in [1.807, 2.05) is 0 Å². The van der Waals surface area contributed by atoms with Crippen molar-refractivity contribution in [3.8, 4) is 0 Å². The van der Waals surface area contributed by atoms with Gasteiger partial charge in [0.15, 0.2) is 0 Å². The molecule has 0 unspecified atom stereocenters. The number of rotatable bonds is 6. The first kappa shape index (κ1) is 24.2. The molecule has 0 bridgehead atoms. The van der Waals surface area contributed by atoms with Gasteiger partial charge in [0, 0.05) is 13.2 Å². The number of hydrogen-bond donors (Lipinski definition) is 3. The van der Waals surface area contributed by atoms with Gasteiger partial charge >= 0.3 is 6.16 Å². The van der Waals surface area contributed by atoms with Crippen molar-refractivity contribution < 1.29 is 24.9 Å². The van der Waals surface area contributed by atoms with Crippen molar-refractivity contribution in [2.24, 2.45) is 35.0 Å². The first-order chi connectivity index (χ1) is 12.7. The molecule has 3 N–H and O–H groups in total. The summed E-state index contributed by atoms with van der Waals surface area (Å²) in [6.07, 6.45) is 8.10. The molecule has 160 valence electrons. The first-order valence-corrected chi connectivity index (χ1v) is 10.8. The Kier molecular flexibility index (Phi) is 10.7. The molecular weight excluding hydrogens is 344 g/mol. The molecule has 2 rings (SSSR count). The SMILES string of the molecule is CC(C)(CO)C1CCC(COC(=O)O)CC1.CC(C)C1CCC(CO)CC1. The smallest absolute Gasteiger partial charge is 0.450 e. The van der Waals surface area contributed by atoms with E-state index in [0.29, 0.717) is 31.0 Å². The van der Waals surface area contributed by atoms with Crippen molar-refractivity contribution >= 4 is 6.16 Å². The van der Waals surface area contributed by atoms with Crippen molar-refractivity contribution in [2.45, 2.75) is 79.1 Å². The number of ether oxygens (including phenoxy) is 1. The van der Waals surface area contributed by atoms with Gasteiger partial charge in [-0.2, -0.15) is 0 Å². The van der Waals surface area contributed by atoms with Crippen LogP contribution in [-0.4, -0.2) is 41.3 Å². The van der Waals surface area contributed by atoms with Crippen LogP contribution in [0.1, 0.15) is 79.1 Å². The Labute approximate surface area is 165 Å². The minimum Gasteiger partial charge on any atom is -0.450 e. The summed E-state index contributed by atoms with van der Waals surface area (Å²) < 4.78 is 4.60. The zero-order valence-electron chi connectivity index (χ0n) is 17.8. The Morgan fingerprint density at radius 2 is 1.48 bits per heavy atom. The third-order valence-corrected chi connectivity index (χ3v) is 6.89. The molecule has 2 saturated carbocycles. The standard InChI is InChI=1S/C12H22O4.C10H20O/c1-12(2,8-13)10-5-3-9(4-6-10)7-16-11(14)15;1-8(2)10-5-3-9(7-11)4-6-10/h9-10,13H,3-8H2,1-2H3,(H,14,15);8-11H,3-7H2,1-2H3. The summed E-state index contributed by atoms with van der Waals surface area (Å²) in [5.41, 5.74) is -0.0153. The summed E-state index contributed by atoms with van der Waals surface area (Å²) >= 11 is 0. The third kappa shape index (κ3) is 8.82. The lowest BCUT2D eigenvalue weighted by Gasteiger charge is -2.37. The fourth-order valence-electron chi connectivity index (χ4n) is 4.47. The van der Waals surface area contributed by atoms with Crippen LogP contribution in [0, 0.1) is 35.0 Å². The van der Waals surface area contributed by atoms with Crippen molar-refractivity contribution in [2.75, 3.05) is 19.8 Å². The van der Waals surface area contributed by atoms with Crippen LogP contribution in [-0.2, 0) is 4.74 Å². The maximum absolute atomic E-state index is 10.3. The van der Waals surface area contributed by atoms with Crippen LogP contribution in [0.4, 0.5) is 4.79 Å². The minimum absolute atomic E-state index is 0.0153. The highest BCUT2D eigenvalue weighted by atomic mass is 16.7. The van der Waals surface area contributed by atoms with E-state index in [0.717, 1.165) is 37.5 Å². The molecule has 2 aliphatic rings. The summed E-state index contributed by atoms with van der Waals surface area (Å²) in [5, 5.41) is 26.6. The second kappa shape index (κ2) is 11.9. The summed E-state index contributed by atoms with van der Waals surface area (Å²) in [4.78, 5) is 10.3. The lowest BCUT2D eigenvalue weighted by molar-refractivity contribution is 0.0375. The predicted molar refractivity (Wildman–Crippen MR) is 108 cm³/mol. The highest BCUT2D eigenvalue weighted by Gasteiger charge is 2.32. The van der Waals surface area contributed by atoms with Crippen LogP contribution < -0.4 is 0 Å². The Balaban J connectivity index is 0.000000289. The van der Waals surface area contributed by atoms with Gasteiger partial charge in [-0.15, -0.1) is 0 Å². The van der Waals surface area contributed by atoms with Gasteiger partial charge in [-0.25, -0.2) is 4.79 Å². The van der Waals surface area contributed by atoms with E-state index >= 15 is 0 Å². The van der Waals surface area contributed by atoms with Crippen LogP contribution in [0.25, 0.3) is 0 Å². The fourth-order valence-corrected chi connectivity index (χ4v) is 4.47. The molecule has 0 amide bonds. The van der Waals surface area contributed by atoms with Crippen molar-refractivity contribution in [1.29, 1.82) is 0 Å². The van der Waals surface area contributed by atoms with Gasteiger partial charge in [0.1, 0.15) is 0 Å². The van der Waals surface area contributed by atoms with E-state index in [4.69, 9.17) is 10.2 Å². The fraction of sp³-hybridized carbons (Fsp3) is 0.955. The van der Waals surface area contributed by atoms with Gasteiger partial charge in [0.25, 0.3) is 0 Å². The summed E-state index contributed by atoms with van der Waals surface area (Å²) in [5.74, 6) is 3.29. The second-order valence-electron chi connectivity index (χ2n) is 9.65. The van der Waals surface area contributed by atoms with Crippen LogP contribution in [0.3, 0.4) is 0 Å². The van der Waals surface area contributed by atoms with Gasteiger partial charge < -0.3 is 20.1 Å². The molecule has 0 aromatic heterocycles. The van der Waals surface area contributed by atoms with Crippen LogP contribution in [0.5, 0.6) is 0 Å². The molecule has 2 aliphatic carbocycles. The molecule has 2 fully saturated rings. The van der Waals surface area contributed by atoms with E-state index in [1.54, 1.807) is 0 Å². The number of aliphatic hydroxyl groups is 2. The highest BCUT2D eigenvalue weighted by molar-refractivity contribution is 5.56. The van der Waals surface area contributed by atoms with E-state index < -0.39 is 6.16 Å². The normalized spacial score (nSPS) is 29.0. The largest absolute Gasteiger partial charge is 0.505 e. The van der Waals surface area contributed by atoms with Gasteiger partial charge in [0.05, 0.1) is 6.61 Å². The molecule has 27 heavy (non-hydrogen) atoms. The molecule has 0 spiro atoms. The molecule has 0 aromatic carbocycles. The molecular formula is C22H42O5. The Hall–Kier alpha value is -0.810. The number of aliphatic hydroxyl groups excluding tert-OH is 2. The van der Waals surface area contributed by atoms with Crippen molar-refractivity contribution in [1.82, 2.24) is 0 Å². The summed E-state index contributed by atoms with van der Waals surface area (Å²) in [7, 11) is 0. The van der Waals surface area contributed by atoms with Gasteiger partial charge in [-0.3, -0.25) is 0 Å². The zero-order chi connectivity index (χ0) is 20.4. The molecule has 0 heterocycles. The zero-order valence-corrected chi connectivity index (χ0v) is 17.8. The Morgan fingerprint density at radius 3 is 1.89 bits per heavy atom. The number of carboxylic acid groups (broad SMARTS) is 1. The molecule has 0 saturated heterocycles. The van der Waals surface area contributed by atoms with Gasteiger partial charge in [-0.1, -0.05) is 27.7 Å². The van der Waals surface area contributed by atoms with E-state index in [1.165, 1.54) is 25.7 Å². The highest BCUT2D eigenvalue weighted by Crippen LogP contribution is 2.39. The van der Waals surface area contributed by atoms with E-state index in [2.05, 4.69) is 32.4 Å². The van der Waals surface area contributed by atoms with Crippen LogP contribution >= 0.6 is 0 Å². The predicted octanol–water partition coefficient (Wildman–Crippen LogP) is 4.95. The van der Waals surface area contributed by atoms with Crippen molar-refractivity contribution in [3.05, 3.63) is 0 Å². The van der Waals surface area contributed by atoms with Gasteiger partial charge in [0.2, 0.25) is 0 Å². The van der Waals surface area contributed by atoms with E-state index in [9.17, 15) is 9.90 Å². The maximum Gasteiger partial charge on any atom is 0.505 e. The molecule has 0 aromatic rings. The lowest BCUT2D eigenvalue weighted by atomic mass is 9.69. The average Bonchev–Trinajstić information content (AvgIpc) is 2.67. The topological polar surface area (TPSA) is 87.0 Å². The van der Waals surface area contributed by atoms with Crippen LogP contribution in [0.15, 0.2) is 0 Å². The molecule has 5 nitrogen and oxygen atoms in total. The molecule has 0 aliphatic heterocycles. The molecule has 0 atom stereocenters. The number of hydrogen-bond acceptors (Lipinski definition) is 4. The first-order valence-electron chi connectivity index (χ1n) is 10.8.